The predicted molar refractivity (Wildman–Crippen MR) is 97.1 cm³/mol. The molecule has 1 saturated carbocycles. The van der Waals surface area contributed by atoms with Crippen molar-refractivity contribution < 1.29 is 9.59 Å². The highest BCUT2D eigenvalue weighted by Gasteiger charge is 2.26. The maximum Gasteiger partial charge on any atom is 0.253 e. The van der Waals surface area contributed by atoms with Crippen molar-refractivity contribution in [1.29, 1.82) is 0 Å². The second-order valence-electron chi connectivity index (χ2n) is 6.66. The molecule has 4 rings (SSSR count). The Kier molecular flexibility index (Phi) is 4.51. The molecule has 0 unspecified atom stereocenters. The van der Waals surface area contributed by atoms with Crippen LogP contribution in [0.25, 0.3) is 0 Å². The third-order valence-corrected chi connectivity index (χ3v) is 4.69. The lowest BCUT2D eigenvalue weighted by Gasteiger charge is -2.34. The second-order valence-corrected chi connectivity index (χ2v) is 6.66. The molecule has 134 valence electrons. The normalized spacial score (nSPS) is 17.1. The molecule has 2 fully saturated rings. The maximum absolute atomic E-state index is 12.8. The van der Waals surface area contributed by atoms with Crippen molar-refractivity contribution >= 4 is 17.8 Å². The monoisotopic (exact) mass is 351 g/mol. The van der Waals surface area contributed by atoms with Gasteiger partial charge in [0.05, 0.1) is 0 Å². The number of carbonyl (C=O) groups excluding carboxylic acids is 2. The summed E-state index contributed by atoms with van der Waals surface area (Å²) >= 11 is 0. The first kappa shape index (κ1) is 16.5. The molecular weight excluding hydrogens is 330 g/mol. The number of carbonyl (C=O) groups is 2. The molecule has 7 nitrogen and oxygen atoms in total. The number of anilines is 1. The Morgan fingerprint density at radius 3 is 2.35 bits per heavy atom. The highest BCUT2D eigenvalue weighted by atomic mass is 16.2. The molecule has 2 aromatic rings. The molecule has 0 atom stereocenters. The lowest BCUT2D eigenvalue weighted by Crippen LogP contribution is -2.49. The Balaban J connectivity index is 1.39. The van der Waals surface area contributed by atoms with E-state index in [1.165, 1.54) is 0 Å². The first-order valence-electron chi connectivity index (χ1n) is 8.93. The number of aromatic nitrogens is 2. The number of nitrogens with one attached hydrogen (secondary N) is 1. The van der Waals surface area contributed by atoms with E-state index in [4.69, 9.17) is 0 Å². The standard InChI is InChI=1S/C19H21N5O2/c25-17(22-16-5-6-16)14-3-1-4-15(13-14)18(26)23-9-11-24(12-10-23)19-20-7-2-8-21-19/h1-4,7-8,13,16H,5-6,9-12H2,(H,22,25). The smallest absolute Gasteiger partial charge is 0.253 e. The number of hydrogen-bond donors (Lipinski definition) is 1. The summed E-state index contributed by atoms with van der Waals surface area (Å²) in [5, 5.41) is 2.96. The largest absolute Gasteiger partial charge is 0.349 e. The minimum absolute atomic E-state index is 0.0419. The van der Waals surface area contributed by atoms with Gasteiger partial charge in [-0.05, 0) is 37.1 Å². The fourth-order valence-corrected chi connectivity index (χ4v) is 3.04. The highest BCUT2D eigenvalue weighted by Crippen LogP contribution is 2.20. The van der Waals surface area contributed by atoms with Gasteiger partial charge < -0.3 is 15.1 Å². The highest BCUT2D eigenvalue weighted by molar-refractivity contribution is 5.99. The minimum atomic E-state index is -0.104. The van der Waals surface area contributed by atoms with Crippen molar-refractivity contribution in [2.45, 2.75) is 18.9 Å². The molecule has 1 aliphatic carbocycles. The topological polar surface area (TPSA) is 78.4 Å². The quantitative estimate of drug-likeness (QED) is 0.899. The van der Waals surface area contributed by atoms with Crippen LogP contribution in [0.4, 0.5) is 5.95 Å². The maximum atomic E-state index is 12.8. The number of rotatable bonds is 4. The molecule has 2 amide bonds. The van der Waals surface area contributed by atoms with Gasteiger partial charge in [0.2, 0.25) is 5.95 Å². The van der Waals surface area contributed by atoms with E-state index in [1.54, 1.807) is 42.7 Å². The minimum Gasteiger partial charge on any atom is -0.349 e. The van der Waals surface area contributed by atoms with Gasteiger partial charge in [-0.3, -0.25) is 9.59 Å². The number of hydrogen-bond acceptors (Lipinski definition) is 5. The van der Waals surface area contributed by atoms with E-state index >= 15 is 0 Å². The van der Waals surface area contributed by atoms with Crippen molar-refractivity contribution in [1.82, 2.24) is 20.2 Å². The van der Waals surface area contributed by atoms with E-state index in [2.05, 4.69) is 20.2 Å². The van der Waals surface area contributed by atoms with Crippen molar-refractivity contribution in [3.8, 4) is 0 Å². The lowest BCUT2D eigenvalue weighted by molar-refractivity contribution is 0.0746. The van der Waals surface area contributed by atoms with E-state index in [0.717, 1.165) is 12.8 Å². The number of piperazine rings is 1. The molecule has 1 aromatic carbocycles. The first-order chi connectivity index (χ1) is 12.7. The number of amides is 2. The summed E-state index contributed by atoms with van der Waals surface area (Å²) in [6, 6.07) is 9.06. The molecule has 26 heavy (non-hydrogen) atoms. The average molecular weight is 351 g/mol. The Labute approximate surface area is 152 Å². The Hall–Kier alpha value is -2.96. The fourth-order valence-electron chi connectivity index (χ4n) is 3.04. The molecular formula is C19H21N5O2. The Bertz CT molecular complexity index is 799. The van der Waals surface area contributed by atoms with Crippen molar-refractivity contribution in [2.24, 2.45) is 0 Å². The molecule has 0 radical (unpaired) electrons. The summed E-state index contributed by atoms with van der Waals surface area (Å²) in [6.45, 7) is 2.60. The zero-order valence-electron chi connectivity index (χ0n) is 14.5. The number of nitrogens with zero attached hydrogens (tertiary/aromatic N) is 4. The summed E-state index contributed by atoms with van der Waals surface area (Å²) in [5.74, 6) is 0.547. The molecule has 0 bridgehead atoms. The van der Waals surface area contributed by atoms with Gasteiger partial charge in [0.1, 0.15) is 0 Å². The SMILES string of the molecule is O=C(NC1CC1)c1cccc(C(=O)N2CCN(c3ncccn3)CC2)c1. The molecule has 2 aliphatic rings. The third kappa shape index (κ3) is 3.66. The van der Waals surface area contributed by atoms with Crippen LogP contribution in [0.3, 0.4) is 0 Å². The summed E-state index contributed by atoms with van der Waals surface area (Å²) in [7, 11) is 0. The lowest BCUT2D eigenvalue weighted by atomic mass is 10.1. The summed E-state index contributed by atoms with van der Waals surface area (Å²) in [4.78, 5) is 37.4. The van der Waals surface area contributed by atoms with Gasteiger partial charge in [-0.25, -0.2) is 9.97 Å². The van der Waals surface area contributed by atoms with Crippen molar-refractivity contribution in [3.63, 3.8) is 0 Å². The van der Waals surface area contributed by atoms with E-state index in [-0.39, 0.29) is 11.8 Å². The molecule has 2 heterocycles. The van der Waals surface area contributed by atoms with Gasteiger partial charge in [0.25, 0.3) is 11.8 Å². The summed E-state index contributed by atoms with van der Waals surface area (Å²) < 4.78 is 0. The van der Waals surface area contributed by atoms with Gasteiger partial charge >= 0.3 is 0 Å². The van der Waals surface area contributed by atoms with Crippen LogP contribution in [0.15, 0.2) is 42.7 Å². The molecule has 1 saturated heterocycles. The van der Waals surface area contributed by atoms with Crippen molar-refractivity contribution in [3.05, 3.63) is 53.9 Å². The molecule has 1 N–H and O–H groups in total. The van der Waals surface area contributed by atoms with Gasteiger partial charge in [-0.2, -0.15) is 0 Å². The Morgan fingerprint density at radius 1 is 0.962 bits per heavy atom. The van der Waals surface area contributed by atoms with Crippen LogP contribution in [-0.4, -0.2) is 58.9 Å². The van der Waals surface area contributed by atoms with Crippen LogP contribution in [0, 0.1) is 0 Å². The zero-order chi connectivity index (χ0) is 17.9. The average Bonchev–Trinajstić information content (AvgIpc) is 3.52. The zero-order valence-corrected chi connectivity index (χ0v) is 14.5. The van der Waals surface area contributed by atoms with Gasteiger partial charge in [0, 0.05) is 55.7 Å². The van der Waals surface area contributed by atoms with Crippen LogP contribution in [0.2, 0.25) is 0 Å². The van der Waals surface area contributed by atoms with Crippen LogP contribution < -0.4 is 10.2 Å². The molecule has 0 spiro atoms. The molecule has 1 aliphatic heterocycles. The van der Waals surface area contributed by atoms with Crippen LogP contribution in [0.1, 0.15) is 33.6 Å². The molecule has 7 heteroatoms. The van der Waals surface area contributed by atoms with E-state index in [0.29, 0.717) is 49.3 Å². The predicted octanol–water partition coefficient (Wildman–Crippen LogP) is 1.33. The van der Waals surface area contributed by atoms with Crippen molar-refractivity contribution in [2.75, 3.05) is 31.1 Å². The van der Waals surface area contributed by atoms with Gasteiger partial charge in [-0.1, -0.05) is 6.07 Å². The van der Waals surface area contributed by atoms with Crippen LogP contribution >= 0.6 is 0 Å². The van der Waals surface area contributed by atoms with Gasteiger partial charge in [-0.15, -0.1) is 0 Å². The molecule has 1 aromatic heterocycles. The van der Waals surface area contributed by atoms with E-state index in [1.807, 2.05) is 4.90 Å². The summed E-state index contributed by atoms with van der Waals surface area (Å²) in [5.41, 5.74) is 1.09. The second kappa shape index (κ2) is 7.11. The first-order valence-corrected chi connectivity index (χ1v) is 8.93. The Morgan fingerprint density at radius 2 is 1.65 bits per heavy atom. The third-order valence-electron chi connectivity index (χ3n) is 4.69. The summed E-state index contributed by atoms with van der Waals surface area (Å²) in [6.07, 6.45) is 5.52. The van der Waals surface area contributed by atoms with Crippen LogP contribution in [0.5, 0.6) is 0 Å². The number of benzene rings is 1. The van der Waals surface area contributed by atoms with E-state index < -0.39 is 0 Å². The van der Waals surface area contributed by atoms with Crippen LogP contribution in [-0.2, 0) is 0 Å². The van der Waals surface area contributed by atoms with E-state index in [9.17, 15) is 9.59 Å². The van der Waals surface area contributed by atoms with Gasteiger partial charge in [0.15, 0.2) is 0 Å². The fraction of sp³-hybridized carbons (Fsp3) is 0.368.